The molecule has 0 radical (unpaired) electrons. The zero-order valence-corrected chi connectivity index (χ0v) is 16.2. The minimum Gasteiger partial charge on any atom is -0.493 e. The van der Waals surface area contributed by atoms with Gasteiger partial charge >= 0.3 is 0 Å². The molecule has 0 bridgehead atoms. The third-order valence-electron chi connectivity index (χ3n) is 5.05. The minimum absolute atomic E-state index is 0.0103. The van der Waals surface area contributed by atoms with Crippen LogP contribution >= 0.6 is 0 Å². The highest BCUT2D eigenvalue weighted by atomic mass is 16.6. The minimum atomic E-state index is -0.600. The second-order valence-electron chi connectivity index (χ2n) is 6.97. The molecule has 3 rings (SSSR count). The Morgan fingerprint density at radius 1 is 1.28 bits per heavy atom. The Morgan fingerprint density at radius 2 is 2.03 bits per heavy atom. The summed E-state index contributed by atoms with van der Waals surface area (Å²) in [5.41, 5.74) is 7.59. The first-order valence-corrected chi connectivity index (χ1v) is 9.44. The normalized spacial score (nSPS) is 14.0. The SMILES string of the molecule is CC(=O)c1cc(OCCC(C(N)=O)N2CCCc3ccccc32)ccc1[N+](=O)[O-]. The van der Waals surface area contributed by atoms with Crippen molar-refractivity contribution in [2.45, 2.75) is 32.2 Å². The molecule has 0 saturated heterocycles. The van der Waals surface area contributed by atoms with Crippen LogP contribution in [0.2, 0.25) is 0 Å². The maximum atomic E-state index is 12.1. The number of ether oxygens (including phenoxy) is 1. The highest BCUT2D eigenvalue weighted by Gasteiger charge is 2.28. The van der Waals surface area contributed by atoms with Gasteiger partial charge in [-0.2, -0.15) is 0 Å². The van der Waals surface area contributed by atoms with Gasteiger partial charge in [0.15, 0.2) is 5.78 Å². The van der Waals surface area contributed by atoms with E-state index in [0.29, 0.717) is 12.2 Å². The van der Waals surface area contributed by atoms with Gasteiger partial charge < -0.3 is 15.4 Å². The van der Waals surface area contributed by atoms with E-state index in [2.05, 4.69) is 6.07 Å². The van der Waals surface area contributed by atoms with Crippen LogP contribution in [0, 0.1) is 10.1 Å². The van der Waals surface area contributed by atoms with E-state index >= 15 is 0 Å². The van der Waals surface area contributed by atoms with Crippen LogP contribution in [0.25, 0.3) is 0 Å². The van der Waals surface area contributed by atoms with Crippen LogP contribution in [0.1, 0.15) is 35.7 Å². The van der Waals surface area contributed by atoms with Crippen LogP contribution in [0.15, 0.2) is 42.5 Å². The number of hydrogen-bond donors (Lipinski definition) is 1. The van der Waals surface area contributed by atoms with E-state index in [9.17, 15) is 19.7 Å². The molecule has 2 N–H and O–H groups in total. The van der Waals surface area contributed by atoms with Gasteiger partial charge in [-0.25, -0.2) is 0 Å². The molecule has 152 valence electrons. The first-order valence-electron chi connectivity index (χ1n) is 9.44. The molecule has 8 heteroatoms. The first-order chi connectivity index (χ1) is 13.9. The van der Waals surface area contributed by atoms with Gasteiger partial charge in [0.25, 0.3) is 5.69 Å². The number of nitro benzene ring substituents is 1. The average molecular weight is 397 g/mol. The number of nitrogens with zero attached hydrogens (tertiary/aromatic N) is 2. The van der Waals surface area contributed by atoms with Crippen LogP contribution in [0.4, 0.5) is 11.4 Å². The largest absolute Gasteiger partial charge is 0.493 e. The Morgan fingerprint density at radius 3 is 2.72 bits per heavy atom. The van der Waals surface area contributed by atoms with E-state index in [1.807, 2.05) is 23.1 Å². The lowest BCUT2D eigenvalue weighted by Gasteiger charge is -2.36. The van der Waals surface area contributed by atoms with Crippen LogP contribution < -0.4 is 15.4 Å². The standard InChI is InChI=1S/C21H23N3O5/c1-14(25)17-13-16(8-9-19(17)24(27)28)29-12-10-20(21(22)26)23-11-4-6-15-5-2-3-7-18(15)23/h2-3,5,7-9,13,20H,4,6,10-12H2,1H3,(H2,22,26). The van der Waals surface area contributed by atoms with Crippen LogP contribution in [0.3, 0.4) is 0 Å². The summed E-state index contributed by atoms with van der Waals surface area (Å²) in [4.78, 5) is 36.3. The molecule has 8 nitrogen and oxygen atoms in total. The number of rotatable bonds is 8. The molecule has 1 aliphatic heterocycles. The lowest BCUT2D eigenvalue weighted by molar-refractivity contribution is -0.385. The summed E-state index contributed by atoms with van der Waals surface area (Å²) in [6.45, 7) is 2.18. The van der Waals surface area contributed by atoms with E-state index in [0.717, 1.165) is 25.1 Å². The zero-order chi connectivity index (χ0) is 21.0. The highest BCUT2D eigenvalue weighted by Crippen LogP contribution is 2.29. The number of ketones is 1. The second-order valence-corrected chi connectivity index (χ2v) is 6.97. The number of para-hydroxylation sites is 1. The molecule has 1 amide bonds. The number of benzene rings is 2. The molecule has 0 aromatic heterocycles. The molecule has 0 fully saturated rings. The molecule has 2 aromatic rings. The summed E-state index contributed by atoms with van der Waals surface area (Å²) >= 11 is 0. The van der Waals surface area contributed by atoms with Gasteiger partial charge in [-0.3, -0.25) is 19.7 Å². The Labute approximate surface area is 168 Å². The molecule has 1 aliphatic rings. The van der Waals surface area contributed by atoms with E-state index in [-0.39, 0.29) is 17.9 Å². The number of primary amides is 1. The number of hydrogen-bond acceptors (Lipinski definition) is 6. The van der Waals surface area contributed by atoms with E-state index in [1.165, 1.54) is 30.7 Å². The van der Waals surface area contributed by atoms with Crippen molar-refractivity contribution >= 4 is 23.1 Å². The van der Waals surface area contributed by atoms with Gasteiger partial charge in [0.05, 0.1) is 17.1 Å². The number of aryl methyl sites for hydroxylation is 1. The Bertz CT molecular complexity index is 944. The van der Waals surface area contributed by atoms with Crippen molar-refractivity contribution in [3.8, 4) is 5.75 Å². The maximum Gasteiger partial charge on any atom is 0.280 e. The fourth-order valence-electron chi connectivity index (χ4n) is 3.67. The maximum absolute atomic E-state index is 12.1. The van der Waals surface area contributed by atoms with Gasteiger partial charge in [0, 0.05) is 24.7 Å². The highest BCUT2D eigenvalue weighted by molar-refractivity contribution is 5.98. The summed E-state index contributed by atoms with van der Waals surface area (Å²) in [6.07, 6.45) is 2.26. The number of carbonyl (C=O) groups is 2. The molecule has 0 aliphatic carbocycles. The summed E-state index contributed by atoms with van der Waals surface area (Å²) in [5, 5.41) is 11.0. The molecule has 29 heavy (non-hydrogen) atoms. The predicted molar refractivity (Wildman–Crippen MR) is 108 cm³/mol. The molecule has 1 atom stereocenters. The molecule has 0 spiro atoms. The number of Topliss-reactive ketones (excluding diaryl/α,β-unsaturated/α-hetero) is 1. The number of nitrogens with two attached hydrogens (primary N) is 1. The van der Waals surface area contributed by atoms with Gasteiger partial charge in [0.1, 0.15) is 11.8 Å². The topological polar surface area (TPSA) is 116 Å². The van der Waals surface area contributed by atoms with Crippen molar-refractivity contribution in [3.05, 3.63) is 63.7 Å². The van der Waals surface area contributed by atoms with Crippen LogP contribution in [0.5, 0.6) is 5.75 Å². The van der Waals surface area contributed by atoms with Crippen molar-refractivity contribution in [1.82, 2.24) is 0 Å². The van der Waals surface area contributed by atoms with Gasteiger partial charge in [-0.1, -0.05) is 18.2 Å². The number of amides is 1. The zero-order valence-electron chi connectivity index (χ0n) is 16.2. The lowest BCUT2D eigenvalue weighted by atomic mass is 9.99. The van der Waals surface area contributed by atoms with Crippen molar-refractivity contribution in [2.75, 3.05) is 18.1 Å². The molecule has 1 heterocycles. The first kappa shape index (κ1) is 20.3. The quantitative estimate of drug-likeness (QED) is 0.416. The summed E-state index contributed by atoms with van der Waals surface area (Å²) in [6, 6.07) is 11.5. The fraction of sp³-hybridized carbons (Fsp3) is 0.333. The summed E-state index contributed by atoms with van der Waals surface area (Å²) in [5.74, 6) is -0.511. The Balaban J connectivity index is 1.72. The Kier molecular flexibility index (Phi) is 6.11. The number of nitro groups is 1. The molecular formula is C21H23N3O5. The van der Waals surface area contributed by atoms with E-state index in [4.69, 9.17) is 10.5 Å². The number of fused-ring (bicyclic) bond motifs is 1. The third-order valence-corrected chi connectivity index (χ3v) is 5.05. The fourth-order valence-corrected chi connectivity index (χ4v) is 3.67. The molecule has 2 aromatic carbocycles. The molecule has 0 saturated carbocycles. The lowest BCUT2D eigenvalue weighted by Crippen LogP contribution is -2.48. The van der Waals surface area contributed by atoms with Crippen LogP contribution in [-0.4, -0.2) is 35.8 Å². The van der Waals surface area contributed by atoms with Crippen molar-refractivity contribution in [2.24, 2.45) is 5.73 Å². The summed E-state index contributed by atoms with van der Waals surface area (Å²) < 4.78 is 5.68. The van der Waals surface area contributed by atoms with Gasteiger partial charge in [-0.05, 0) is 43.5 Å². The van der Waals surface area contributed by atoms with Crippen LogP contribution in [-0.2, 0) is 11.2 Å². The molecule has 1 unspecified atom stereocenters. The van der Waals surface area contributed by atoms with Crippen molar-refractivity contribution in [1.29, 1.82) is 0 Å². The summed E-state index contributed by atoms with van der Waals surface area (Å²) in [7, 11) is 0. The Hall–Kier alpha value is -3.42. The number of anilines is 1. The van der Waals surface area contributed by atoms with E-state index in [1.54, 1.807) is 0 Å². The third kappa shape index (κ3) is 4.53. The van der Waals surface area contributed by atoms with E-state index < -0.39 is 22.7 Å². The number of carbonyl (C=O) groups excluding carboxylic acids is 2. The monoisotopic (exact) mass is 397 g/mol. The van der Waals surface area contributed by atoms with Gasteiger partial charge in [0.2, 0.25) is 5.91 Å². The predicted octanol–water partition coefficient (Wildman–Crippen LogP) is 2.87. The molecular weight excluding hydrogens is 374 g/mol. The average Bonchev–Trinajstić information content (AvgIpc) is 2.70. The van der Waals surface area contributed by atoms with Crippen molar-refractivity contribution in [3.63, 3.8) is 0 Å². The van der Waals surface area contributed by atoms with Crippen molar-refractivity contribution < 1.29 is 19.2 Å². The second kappa shape index (κ2) is 8.72. The van der Waals surface area contributed by atoms with Gasteiger partial charge in [-0.15, -0.1) is 0 Å². The smallest absolute Gasteiger partial charge is 0.280 e.